The van der Waals surface area contributed by atoms with Crippen LogP contribution in [0, 0.1) is 5.82 Å². The summed E-state index contributed by atoms with van der Waals surface area (Å²) in [4.78, 5) is 12.3. The average Bonchev–Trinajstić information content (AvgIpc) is 3.05. The second kappa shape index (κ2) is 6.70. The molecule has 1 aliphatic rings. The summed E-state index contributed by atoms with van der Waals surface area (Å²) in [5, 5.41) is 0.580. The van der Waals surface area contributed by atoms with E-state index in [2.05, 4.69) is 0 Å². The molecule has 0 N–H and O–H groups in total. The van der Waals surface area contributed by atoms with Crippen LogP contribution in [0.1, 0.15) is 47.5 Å². The summed E-state index contributed by atoms with van der Waals surface area (Å²) in [7, 11) is -0.837. The molecule has 1 aromatic carbocycles. The summed E-state index contributed by atoms with van der Waals surface area (Å²) in [6, 6.07) is 4.60. The number of rotatable bonds is 4. The Hall–Kier alpha value is -1.86. The molecule has 1 fully saturated rings. The average molecular weight is 361 g/mol. The van der Waals surface area contributed by atoms with E-state index < -0.39 is 30.2 Å². The van der Waals surface area contributed by atoms with Crippen LogP contribution in [0.2, 0.25) is 0 Å². The van der Waals surface area contributed by atoms with Crippen molar-refractivity contribution >= 4 is 29.6 Å². The number of aromatic nitrogens is 1. The van der Waals surface area contributed by atoms with Gasteiger partial charge in [0.2, 0.25) is 0 Å². The smallest absolute Gasteiger partial charge is 0.449 e. The minimum Gasteiger partial charge on any atom is -0.449 e. The molecule has 5 nitrogen and oxygen atoms in total. The van der Waals surface area contributed by atoms with Crippen molar-refractivity contribution in [2.75, 3.05) is 6.61 Å². The number of hydrogen-bond acceptors (Lipinski definition) is 4. The number of ether oxygens (including phenoxy) is 1. The molecule has 0 unspecified atom stereocenters. The molecule has 3 rings (SSSR count). The van der Waals surface area contributed by atoms with Crippen LogP contribution in [0.3, 0.4) is 0 Å². The van der Waals surface area contributed by atoms with Crippen molar-refractivity contribution in [3.05, 3.63) is 30.2 Å². The monoisotopic (exact) mass is 361 g/mol. The van der Waals surface area contributed by atoms with Crippen molar-refractivity contribution in [1.82, 2.24) is 4.57 Å². The summed E-state index contributed by atoms with van der Waals surface area (Å²) in [5.41, 5.74) is -0.277. The Morgan fingerprint density at radius 3 is 2.46 bits per heavy atom. The minimum atomic E-state index is -0.837. The third kappa shape index (κ3) is 3.14. The standard InChI is InChI=1S/C19H25BFNO4/c1-6-7-12-24-17(23)22-11-10-13-15(22)9-8-14(21)16(13)20-25-18(2,3)19(4,5)26-20/h8-11H,6-7,12H2,1-5H3. The number of halogens is 1. The van der Waals surface area contributed by atoms with Crippen LogP contribution in [-0.2, 0) is 14.0 Å². The molecule has 0 atom stereocenters. The van der Waals surface area contributed by atoms with Crippen molar-refractivity contribution in [2.45, 2.75) is 58.7 Å². The topological polar surface area (TPSA) is 49.7 Å². The molecule has 1 aliphatic heterocycles. The molecule has 7 heteroatoms. The highest BCUT2D eigenvalue weighted by Crippen LogP contribution is 2.37. The lowest BCUT2D eigenvalue weighted by atomic mass is 9.76. The molecule has 0 radical (unpaired) electrons. The van der Waals surface area contributed by atoms with Gasteiger partial charge in [0.25, 0.3) is 0 Å². The Morgan fingerprint density at radius 1 is 1.19 bits per heavy atom. The summed E-state index contributed by atoms with van der Waals surface area (Å²) in [5.74, 6) is -0.423. The minimum absolute atomic E-state index is 0.307. The number of fused-ring (bicyclic) bond motifs is 1. The lowest BCUT2D eigenvalue weighted by molar-refractivity contribution is 0.00578. The van der Waals surface area contributed by atoms with Gasteiger partial charge in [-0.2, -0.15) is 0 Å². The largest absolute Gasteiger partial charge is 0.498 e. The van der Waals surface area contributed by atoms with Crippen molar-refractivity contribution in [1.29, 1.82) is 0 Å². The van der Waals surface area contributed by atoms with Gasteiger partial charge in [0.15, 0.2) is 0 Å². The number of hydrogen-bond donors (Lipinski definition) is 0. The first-order valence-electron chi connectivity index (χ1n) is 9.00. The van der Waals surface area contributed by atoms with Gasteiger partial charge < -0.3 is 14.0 Å². The van der Waals surface area contributed by atoms with Gasteiger partial charge in [0, 0.05) is 17.0 Å². The maximum Gasteiger partial charge on any atom is 0.498 e. The first-order chi connectivity index (χ1) is 12.2. The quantitative estimate of drug-likeness (QED) is 0.613. The Morgan fingerprint density at radius 2 is 1.85 bits per heavy atom. The number of carbonyl (C=O) groups is 1. The highest BCUT2D eigenvalue weighted by Gasteiger charge is 2.53. The van der Waals surface area contributed by atoms with E-state index >= 15 is 0 Å². The Kier molecular flexibility index (Phi) is 4.88. The van der Waals surface area contributed by atoms with E-state index in [1.807, 2.05) is 34.6 Å². The third-order valence-corrected chi connectivity index (χ3v) is 5.27. The fourth-order valence-corrected chi connectivity index (χ4v) is 2.95. The second-order valence-corrected chi connectivity index (χ2v) is 7.64. The normalized spacial score (nSPS) is 18.5. The van der Waals surface area contributed by atoms with Crippen LogP contribution in [0.15, 0.2) is 24.4 Å². The maximum atomic E-state index is 14.6. The lowest BCUT2D eigenvalue weighted by Crippen LogP contribution is -2.41. The molecule has 0 bridgehead atoms. The number of benzene rings is 1. The first kappa shape index (κ1) is 18.9. The molecule has 26 heavy (non-hydrogen) atoms. The lowest BCUT2D eigenvalue weighted by Gasteiger charge is -2.32. The molecule has 0 aliphatic carbocycles. The third-order valence-electron chi connectivity index (χ3n) is 5.27. The van der Waals surface area contributed by atoms with Crippen LogP contribution < -0.4 is 5.46 Å². The molecule has 1 aromatic heterocycles. The van der Waals surface area contributed by atoms with Gasteiger partial charge in [-0.3, -0.25) is 4.57 Å². The highest BCUT2D eigenvalue weighted by molar-refractivity contribution is 6.65. The van der Waals surface area contributed by atoms with E-state index in [4.69, 9.17) is 14.0 Å². The Bertz CT molecular complexity index is 814. The summed E-state index contributed by atoms with van der Waals surface area (Å²) < 4.78 is 33.3. The predicted octanol–water partition coefficient (Wildman–Crippen LogP) is 3.86. The van der Waals surface area contributed by atoms with E-state index in [9.17, 15) is 9.18 Å². The van der Waals surface area contributed by atoms with E-state index in [0.29, 0.717) is 23.0 Å². The van der Waals surface area contributed by atoms with Gasteiger partial charge in [-0.05, 0) is 52.3 Å². The van der Waals surface area contributed by atoms with Gasteiger partial charge in [0.1, 0.15) is 5.82 Å². The van der Waals surface area contributed by atoms with E-state index in [1.165, 1.54) is 10.6 Å². The molecule has 1 saturated heterocycles. The zero-order valence-electron chi connectivity index (χ0n) is 16.0. The number of carbonyl (C=O) groups excluding carboxylic acids is 1. The van der Waals surface area contributed by atoms with Crippen LogP contribution in [-0.4, -0.2) is 35.6 Å². The highest BCUT2D eigenvalue weighted by atomic mass is 19.1. The van der Waals surface area contributed by atoms with E-state index in [-0.39, 0.29) is 0 Å². The predicted molar refractivity (Wildman–Crippen MR) is 99.3 cm³/mol. The van der Waals surface area contributed by atoms with E-state index in [0.717, 1.165) is 12.8 Å². The van der Waals surface area contributed by atoms with Crippen LogP contribution in [0.25, 0.3) is 10.9 Å². The molecule has 2 aromatic rings. The van der Waals surface area contributed by atoms with Crippen LogP contribution >= 0.6 is 0 Å². The van der Waals surface area contributed by atoms with Gasteiger partial charge in [-0.1, -0.05) is 13.3 Å². The van der Waals surface area contributed by atoms with Gasteiger partial charge in [0.05, 0.1) is 23.3 Å². The summed E-state index contributed by atoms with van der Waals surface area (Å²) in [6.07, 6.45) is 2.86. The Labute approximate surface area is 153 Å². The molecular weight excluding hydrogens is 336 g/mol. The summed E-state index contributed by atoms with van der Waals surface area (Å²) in [6.45, 7) is 10.1. The molecular formula is C19H25BFNO4. The molecule has 0 spiro atoms. The maximum absolute atomic E-state index is 14.6. The van der Waals surface area contributed by atoms with Gasteiger partial charge >= 0.3 is 13.2 Å². The zero-order valence-corrected chi connectivity index (χ0v) is 16.0. The van der Waals surface area contributed by atoms with Crippen molar-refractivity contribution in [3.63, 3.8) is 0 Å². The molecule has 140 valence electrons. The summed E-state index contributed by atoms with van der Waals surface area (Å²) >= 11 is 0. The zero-order chi connectivity index (χ0) is 19.1. The number of unbranched alkanes of at least 4 members (excludes halogenated alkanes) is 1. The number of nitrogens with zero attached hydrogens (tertiary/aromatic N) is 1. The van der Waals surface area contributed by atoms with Crippen molar-refractivity contribution in [2.24, 2.45) is 0 Å². The van der Waals surface area contributed by atoms with Gasteiger partial charge in [-0.15, -0.1) is 0 Å². The molecule has 2 heterocycles. The van der Waals surface area contributed by atoms with Crippen LogP contribution in [0.5, 0.6) is 0 Å². The Balaban J connectivity index is 1.98. The second-order valence-electron chi connectivity index (χ2n) is 7.64. The van der Waals surface area contributed by atoms with Gasteiger partial charge in [-0.25, -0.2) is 9.18 Å². The van der Waals surface area contributed by atoms with Crippen molar-refractivity contribution < 1.29 is 23.2 Å². The molecule has 0 amide bonds. The molecule has 0 saturated carbocycles. The SMILES string of the molecule is CCCCOC(=O)n1ccc2c(B3OC(C)(C)C(C)(C)O3)c(F)ccc21. The van der Waals surface area contributed by atoms with E-state index in [1.54, 1.807) is 18.3 Å². The van der Waals surface area contributed by atoms with Crippen molar-refractivity contribution in [3.8, 4) is 0 Å². The first-order valence-corrected chi connectivity index (χ1v) is 9.00. The fourth-order valence-electron chi connectivity index (χ4n) is 2.95. The van der Waals surface area contributed by atoms with Crippen LogP contribution in [0.4, 0.5) is 9.18 Å². The fraction of sp³-hybridized carbons (Fsp3) is 0.526.